The van der Waals surface area contributed by atoms with Gasteiger partial charge in [0.15, 0.2) is 5.11 Å². The van der Waals surface area contributed by atoms with Crippen LogP contribution in [0.15, 0.2) is 0 Å². The number of anilines is 1. The first-order valence-electron chi connectivity index (χ1n) is 8.01. The van der Waals surface area contributed by atoms with E-state index in [0.717, 1.165) is 44.1 Å². The number of carbonyl (C=O) groups excluding carboxylic acids is 2. The molecule has 0 aromatic carbocycles. The van der Waals surface area contributed by atoms with Crippen LogP contribution in [-0.4, -0.2) is 73.8 Å². The van der Waals surface area contributed by atoms with E-state index in [9.17, 15) is 9.59 Å². The zero-order chi connectivity index (χ0) is 18.6. The van der Waals surface area contributed by atoms with Crippen molar-refractivity contribution in [3.8, 4) is 0 Å². The molecule has 0 radical (unpaired) electrons. The van der Waals surface area contributed by atoms with Crippen molar-refractivity contribution in [3.63, 3.8) is 0 Å². The number of nitrogens with one attached hydrogen (secondary N) is 1. The number of methoxy groups -OCH3 is 2. The summed E-state index contributed by atoms with van der Waals surface area (Å²) in [5.74, 6) is -0.992. The minimum atomic E-state index is -0.509. The second-order valence-corrected chi connectivity index (χ2v) is 7.00. The van der Waals surface area contributed by atoms with Crippen molar-refractivity contribution in [2.75, 3.05) is 52.3 Å². The number of ether oxygens (including phenoxy) is 2. The Bertz CT molecular complexity index is 667. The van der Waals surface area contributed by atoms with Crippen molar-refractivity contribution in [2.45, 2.75) is 13.8 Å². The van der Waals surface area contributed by atoms with Crippen LogP contribution in [0.1, 0.15) is 32.5 Å². The van der Waals surface area contributed by atoms with Crippen LogP contribution in [0.4, 0.5) is 5.00 Å². The highest BCUT2D eigenvalue weighted by molar-refractivity contribution is 7.80. The van der Waals surface area contributed by atoms with E-state index in [2.05, 4.69) is 22.0 Å². The summed E-state index contributed by atoms with van der Waals surface area (Å²) < 4.78 is 9.64. The van der Waals surface area contributed by atoms with Gasteiger partial charge in [0, 0.05) is 26.2 Å². The van der Waals surface area contributed by atoms with Crippen LogP contribution in [0.25, 0.3) is 0 Å². The molecule has 25 heavy (non-hydrogen) atoms. The number of nitrogens with zero attached hydrogens (tertiary/aromatic N) is 2. The molecule has 0 saturated carbocycles. The van der Waals surface area contributed by atoms with Gasteiger partial charge in [-0.25, -0.2) is 9.59 Å². The number of likely N-dealkylation sites (N-methyl/N-ethyl adjacent to an activating group) is 1. The third-order valence-corrected chi connectivity index (χ3v) is 5.78. The van der Waals surface area contributed by atoms with Gasteiger partial charge < -0.3 is 24.6 Å². The summed E-state index contributed by atoms with van der Waals surface area (Å²) in [5.41, 5.74) is 0.854. The maximum Gasteiger partial charge on any atom is 0.348 e. The first-order chi connectivity index (χ1) is 11.9. The van der Waals surface area contributed by atoms with E-state index >= 15 is 0 Å². The molecule has 9 heteroatoms. The smallest absolute Gasteiger partial charge is 0.348 e. The highest BCUT2D eigenvalue weighted by Crippen LogP contribution is 2.34. The average molecular weight is 386 g/mol. The van der Waals surface area contributed by atoms with Gasteiger partial charge in [-0.1, -0.05) is 6.92 Å². The standard InChI is InChI=1S/C16H23N3O4S2/c1-5-18-6-8-19(9-7-18)16(24)17-13-11(14(20)22-3)10(2)12(25-13)15(21)23-4/h5-9H2,1-4H3,(H,17,24). The molecule has 1 aromatic heterocycles. The zero-order valence-electron chi connectivity index (χ0n) is 14.9. The predicted molar refractivity (Wildman–Crippen MR) is 102 cm³/mol. The van der Waals surface area contributed by atoms with E-state index in [1.165, 1.54) is 14.2 Å². The lowest BCUT2D eigenvalue weighted by Gasteiger charge is -2.35. The molecule has 1 aromatic rings. The maximum absolute atomic E-state index is 12.1. The molecule has 0 aliphatic carbocycles. The fourth-order valence-electron chi connectivity index (χ4n) is 2.68. The lowest BCUT2D eigenvalue weighted by atomic mass is 10.1. The Morgan fingerprint density at radius 1 is 1.16 bits per heavy atom. The maximum atomic E-state index is 12.1. The summed E-state index contributed by atoms with van der Waals surface area (Å²) >= 11 is 6.64. The molecule has 0 amide bonds. The van der Waals surface area contributed by atoms with Crippen LogP contribution in [0.2, 0.25) is 0 Å². The number of hydrogen-bond acceptors (Lipinski definition) is 7. The number of rotatable bonds is 4. The van der Waals surface area contributed by atoms with Gasteiger partial charge >= 0.3 is 11.9 Å². The average Bonchev–Trinajstić information content (AvgIpc) is 2.96. The molecule has 0 atom stereocenters. The summed E-state index contributed by atoms with van der Waals surface area (Å²) in [6, 6.07) is 0. The molecule has 2 heterocycles. The number of thiocarbonyl (C=S) groups is 1. The minimum Gasteiger partial charge on any atom is -0.465 e. The number of piperazine rings is 1. The van der Waals surface area contributed by atoms with E-state index in [-0.39, 0.29) is 0 Å². The number of hydrogen-bond donors (Lipinski definition) is 1. The molecular formula is C16H23N3O4S2. The molecule has 138 valence electrons. The monoisotopic (exact) mass is 385 g/mol. The minimum absolute atomic E-state index is 0.322. The molecular weight excluding hydrogens is 362 g/mol. The summed E-state index contributed by atoms with van der Waals surface area (Å²) in [4.78, 5) is 28.9. The molecule has 1 aliphatic rings. The van der Waals surface area contributed by atoms with Gasteiger partial charge in [-0.15, -0.1) is 11.3 Å². The fourth-order valence-corrected chi connectivity index (χ4v) is 4.14. The Morgan fingerprint density at radius 2 is 1.76 bits per heavy atom. The first kappa shape index (κ1) is 19.6. The molecule has 0 spiro atoms. The van der Waals surface area contributed by atoms with Crippen LogP contribution < -0.4 is 5.32 Å². The third kappa shape index (κ3) is 4.28. The Morgan fingerprint density at radius 3 is 2.28 bits per heavy atom. The van der Waals surface area contributed by atoms with E-state index in [1.807, 2.05) is 0 Å². The van der Waals surface area contributed by atoms with Crippen LogP contribution in [-0.2, 0) is 9.47 Å². The Kier molecular flexibility index (Phi) is 6.74. The second-order valence-electron chi connectivity index (χ2n) is 5.59. The summed E-state index contributed by atoms with van der Waals surface area (Å²) in [6.07, 6.45) is 0. The molecule has 1 N–H and O–H groups in total. The van der Waals surface area contributed by atoms with Crippen LogP contribution in [0, 0.1) is 6.92 Å². The van der Waals surface area contributed by atoms with E-state index in [1.54, 1.807) is 6.92 Å². The van der Waals surface area contributed by atoms with Gasteiger partial charge in [0.25, 0.3) is 0 Å². The zero-order valence-corrected chi connectivity index (χ0v) is 16.5. The van der Waals surface area contributed by atoms with E-state index < -0.39 is 11.9 Å². The molecule has 7 nitrogen and oxygen atoms in total. The highest BCUT2D eigenvalue weighted by Gasteiger charge is 2.27. The van der Waals surface area contributed by atoms with Gasteiger partial charge in [-0.05, 0) is 31.2 Å². The van der Waals surface area contributed by atoms with Crippen molar-refractivity contribution in [2.24, 2.45) is 0 Å². The Hall–Kier alpha value is -1.71. The Labute approximate surface area is 156 Å². The van der Waals surface area contributed by atoms with Gasteiger partial charge in [-0.2, -0.15) is 0 Å². The summed E-state index contributed by atoms with van der Waals surface area (Å²) in [7, 11) is 2.62. The van der Waals surface area contributed by atoms with E-state index in [4.69, 9.17) is 21.7 Å². The third-order valence-electron chi connectivity index (χ3n) is 4.23. The van der Waals surface area contributed by atoms with Crippen molar-refractivity contribution in [1.82, 2.24) is 9.80 Å². The lowest BCUT2D eigenvalue weighted by molar-refractivity contribution is 0.0601. The molecule has 0 unspecified atom stereocenters. The van der Waals surface area contributed by atoms with Gasteiger partial charge in [0.2, 0.25) is 0 Å². The predicted octanol–water partition coefficient (Wildman–Crippen LogP) is 1.96. The Balaban J connectivity index is 2.21. The molecule has 1 saturated heterocycles. The van der Waals surface area contributed by atoms with Gasteiger partial charge in [-0.3, -0.25) is 0 Å². The normalized spacial score (nSPS) is 15.0. The lowest BCUT2D eigenvalue weighted by Crippen LogP contribution is -2.49. The summed E-state index contributed by atoms with van der Waals surface area (Å²) in [6.45, 7) is 8.38. The number of carbonyl (C=O) groups is 2. The van der Waals surface area contributed by atoms with Crippen LogP contribution >= 0.6 is 23.6 Å². The van der Waals surface area contributed by atoms with E-state index in [0.29, 0.717) is 26.1 Å². The topological polar surface area (TPSA) is 71.1 Å². The number of thiophene rings is 1. The second kappa shape index (κ2) is 8.59. The number of esters is 2. The van der Waals surface area contributed by atoms with Crippen molar-refractivity contribution >= 4 is 45.6 Å². The SMILES string of the molecule is CCN1CCN(C(=S)Nc2sc(C(=O)OC)c(C)c2C(=O)OC)CC1. The molecule has 2 rings (SSSR count). The quantitative estimate of drug-likeness (QED) is 0.623. The molecule has 0 bridgehead atoms. The first-order valence-corrected chi connectivity index (χ1v) is 9.23. The van der Waals surface area contributed by atoms with Crippen LogP contribution in [0.3, 0.4) is 0 Å². The molecule has 1 fully saturated rings. The summed E-state index contributed by atoms with van der Waals surface area (Å²) in [5, 5.41) is 4.16. The van der Waals surface area contributed by atoms with Crippen LogP contribution in [0.5, 0.6) is 0 Å². The fraction of sp³-hybridized carbons (Fsp3) is 0.562. The van der Waals surface area contributed by atoms with Gasteiger partial charge in [0.05, 0.1) is 19.8 Å². The highest BCUT2D eigenvalue weighted by atomic mass is 32.1. The molecule has 1 aliphatic heterocycles. The van der Waals surface area contributed by atoms with Crippen molar-refractivity contribution in [3.05, 3.63) is 16.0 Å². The van der Waals surface area contributed by atoms with Crippen molar-refractivity contribution in [1.29, 1.82) is 0 Å². The largest absolute Gasteiger partial charge is 0.465 e. The van der Waals surface area contributed by atoms with Crippen molar-refractivity contribution < 1.29 is 19.1 Å². The van der Waals surface area contributed by atoms with Gasteiger partial charge in [0.1, 0.15) is 9.88 Å².